The van der Waals surface area contributed by atoms with E-state index < -0.39 is 5.97 Å². The highest BCUT2D eigenvalue weighted by Gasteiger charge is 2.11. The van der Waals surface area contributed by atoms with E-state index in [4.69, 9.17) is 16.7 Å². The Kier molecular flexibility index (Phi) is 4.88. The number of carboxylic acid groups (broad SMARTS) is 1. The molecule has 1 amide bonds. The molecule has 0 aromatic heterocycles. The van der Waals surface area contributed by atoms with Crippen molar-refractivity contribution in [1.29, 1.82) is 0 Å². The minimum absolute atomic E-state index is 0.124. The Morgan fingerprint density at radius 1 is 1.14 bits per heavy atom. The number of amides is 1. The number of carbonyl (C=O) groups excluding carboxylic acids is 1. The molecule has 0 aliphatic carbocycles. The zero-order valence-corrected chi connectivity index (χ0v) is 12.7. The van der Waals surface area contributed by atoms with E-state index in [-0.39, 0.29) is 11.5 Å². The van der Waals surface area contributed by atoms with Gasteiger partial charge in [-0.2, -0.15) is 0 Å². The van der Waals surface area contributed by atoms with Crippen LogP contribution in [-0.2, 0) is 4.79 Å². The average molecular weight is 322 g/mol. The smallest absolute Gasteiger partial charge is 0.335 e. The lowest BCUT2D eigenvalue weighted by Gasteiger charge is -2.10. The second-order valence-corrected chi connectivity index (χ2v) is 5.81. The van der Waals surface area contributed by atoms with Crippen LogP contribution in [0.3, 0.4) is 0 Å². The molecule has 0 atom stereocenters. The highest BCUT2D eigenvalue weighted by molar-refractivity contribution is 7.99. The van der Waals surface area contributed by atoms with Crippen LogP contribution >= 0.6 is 23.4 Å². The first kappa shape index (κ1) is 15.4. The molecule has 2 rings (SSSR count). The van der Waals surface area contributed by atoms with Gasteiger partial charge in [-0.25, -0.2) is 4.79 Å². The zero-order valence-electron chi connectivity index (χ0n) is 11.1. The Morgan fingerprint density at radius 3 is 2.38 bits per heavy atom. The number of carboxylic acids is 1. The summed E-state index contributed by atoms with van der Waals surface area (Å²) in [4.78, 5) is 24.0. The molecule has 0 spiro atoms. The molecule has 6 heteroatoms. The lowest BCUT2D eigenvalue weighted by molar-refractivity contribution is -0.114. The maximum atomic E-state index is 11.3. The lowest BCUT2D eigenvalue weighted by Crippen LogP contribution is -2.08. The number of hydrogen-bond donors (Lipinski definition) is 2. The van der Waals surface area contributed by atoms with Crippen LogP contribution < -0.4 is 5.32 Å². The van der Waals surface area contributed by atoms with E-state index in [1.807, 2.05) is 12.1 Å². The van der Waals surface area contributed by atoms with E-state index in [1.54, 1.807) is 18.2 Å². The number of carbonyl (C=O) groups is 2. The van der Waals surface area contributed by atoms with Crippen molar-refractivity contribution in [2.45, 2.75) is 16.7 Å². The van der Waals surface area contributed by atoms with Crippen molar-refractivity contribution in [1.82, 2.24) is 0 Å². The molecule has 4 nitrogen and oxygen atoms in total. The van der Waals surface area contributed by atoms with Gasteiger partial charge >= 0.3 is 5.97 Å². The Hall–Kier alpha value is -1.98. The van der Waals surface area contributed by atoms with Gasteiger partial charge in [0.2, 0.25) is 5.91 Å². The molecule has 0 bridgehead atoms. The van der Waals surface area contributed by atoms with Gasteiger partial charge in [0.15, 0.2) is 0 Å². The number of rotatable bonds is 4. The summed E-state index contributed by atoms with van der Waals surface area (Å²) >= 11 is 7.26. The first-order valence-electron chi connectivity index (χ1n) is 6.04. The molecule has 0 heterocycles. The summed E-state index contributed by atoms with van der Waals surface area (Å²) in [5.41, 5.74) is 0.599. The normalized spacial score (nSPS) is 10.2. The van der Waals surface area contributed by atoms with Crippen molar-refractivity contribution in [2.75, 3.05) is 5.32 Å². The number of hydrogen-bond acceptors (Lipinski definition) is 3. The predicted octanol–water partition coefficient (Wildman–Crippen LogP) is 4.15. The van der Waals surface area contributed by atoms with E-state index in [2.05, 4.69) is 5.32 Å². The van der Waals surface area contributed by atoms with Crippen molar-refractivity contribution < 1.29 is 14.7 Å². The molecule has 0 fully saturated rings. The predicted molar refractivity (Wildman–Crippen MR) is 83.3 cm³/mol. The quantitative estimate of drug-likeness (QED) is 0.887. The summed E-state index contributed by atoms with van der Waals surface area (Å²) in [6.45, 7) is 1.38. The maximum Gasteiger partial charge on any atom is 0.335 e. The van der Waals surface area contributed by atoms with Crippen molar-refractivity contribution in [3.05, 3.63) is 53.1 Å². The molecule has 108 valence electrons. The van der Waals surface area contributed by atoms with Crippen LogP contribution in [0, 0.1) is 0 Å². The number of benzene rings is 2. The number of anilines is 1. The molecule has 0 unspecified atom stereocenters. The number of aromatic carboxylic acids is 1. The Balaban J connectivity index is 2.34. The number of nitrogens with one attached hydrogen (secondary N) is 1. The van der Waals surface area contributed by atoms with Crippen LogP contribution in [0.25, 0.3) is 0 Å². The van der Waals surface area contributed by atoms with Crippen LogP contribution in [0.2, 0.25) is 5.02 Å². The van der Waals surface area contributed by atoms with Gasteiger partial charge in [0.05, 0.1) is 11.3 Å². The highest BCUT2D eigenvalue weighted by Crippen LogP contribution is 2.34. The van der Waals surface area contributed by atoms with Gasteiger partial charge in [0.25, 0.3) is 0 Å². The van der Waals surface area contributed by atoms with Gasteiger partial charge in [-0.3, -0.25) is 4.79 Å². The fraction of sp³-hybridized carbons (Fsp3) is 0.0667. The number of halogens is 1. The molecule has 21 heavy (non-hydrogen) atoms. The van der Waals surface area contributed by atoms with Gasteiger partial charge in [0, 0.05) is 21.7 Å². The summed E-state index contributed by atoms with van der Waals surface area (Å²) in [5.74, 6) is -1.29. The Morgan fingerprint density at radius 2 is 1.81 bits per heavy atom. The van der Waals surface area contributed by atoms with E-state index >= 15 is 0 Å². The molecule has 2 aromatic rings. The first-order chi connectivity index (χ1) is 9.95. The van der Waals surface area contributed by atoms with E-state index in [0.29, 0.717) is 10.7 Å². The van der Waals surface area contributed by atoms with Crippen molar-refractivity contribution in [3.8, 4) is 0 Å². The average Bonchev–Trinajstić information content (AvgIpc) is 2.42. The van der Waals surface area contributed by atoms with Gasteiger partial charge in [-0.05, 0) is 42.5 Å². The zero-order chi connectivity index (χ0) is 15.4. The van der Waals surface area contributed by atoms with Crippen LogP contribution in [0.15, 0.2) is 52.3 Å². The molecule has 2 N–H and O–H groups in total. The molecule has 0 aliphatic heterocycles. The highest BCUT2D eigenvalue weighted by atomic mass is 35.5. The second kappa shape index (κ2) is 6.65. The molecule has 0 saturated heterocycles. The van der Waals surface area contributed by atoms with Crippen molar-refractivity contribution in [2.24, 2.45) is 0 Å². The van der Waals surface area contributed by atoms with Gasteiger partial charge in [0.1, 0.15) is 0 Å². The summed E-state index contributed by atoms with van der Waals surface area (Å²) in [5, 5.41) is 12.3. The molecule has 0 aliphatic rings. The van der Waals surface area contributed by atoms with Crippen molar-refractivity contribution in [3.63, 3.8) is 0 Å². The van der Waals surface area contributed by atoms with Crippen LogP contribution in [0.4, 0.5) is 5.69 Å². The maximum absolute atomic E-state index is 11.3. The Labute approximate surface area is 131 Å². The monoisotopic (exact) mass is 321 g/mol. The van der Waals surface area contributed by atoms with Gasteiger partial charge in [-0.1, -0.05) is 23.4 Å². The fourth-order valence-corrected chi connectivity index (χ4v) is 2.68. The first-order valence-corrected chi connectivity index (χ1v) is 7.23. The summed E-state index contributed by atoms with van der Waals surface area (Å²) in [6.07, 6.45) is 0. The third kappa shape index (κ3) is 4.24. The topological polar surface area (TPSA) is 66.4 Å². The second-order valence-electron chi connectivity index (χ2n) is 4.25. The standard InChI is InChI=1S/C15H12ClNO3S/c1-9(18)17-13-8-10(15(19)20)2-7-14(13)21-12-5-3-11(16)4-6-12/h2-8H,1H3,(H,17,18)(H,19,20). The summed E-state index contributed by atoms with van der Waals surface area (Å²) in [6, 6.07) is 11.9. The molecule has 0 radical (unpaired) electrons. The molecule has 0 saturated carbocycles. The lowest BCUT2D eigenvalue weighted by atomic mass is 10.2. The third-order valence-corrected chi connectivity index (χ3v) is 3.91. The van der Waals surface area contributed by atoms with Gasteiger partial charge < -0.3 is 10.4 Å². The van der Waals surface area contributed by atoms with Crippen LogP contribution in [0.1, 0.15) is 17.3 Å². The van der Waals surface area contributed by atoms with Crippen molar-refractivity contribution >= 4 is 40.9 Å². The molecular formula is C15H12ClNO3S. The molecular weight excluding hydrogens is 310 g/mol. The Bertz CT molecular complexity index is 686. The van der Waals surface area contributed by atoms with E-state index in [0.717, 1.165) is 9.79 Å². The van der Waals surface area contributed by atoms with Gasteiger partial charge in [-0.15, -0.1) is 0 Å². The largest absolute Gasteiger partial charge is 0.478 e. The minimum atomic E-state index is -1.04. The summed E-state index contributed by atoms with van der Waals surface area (Å²) in [7, 11) is 0. The SMILES string of the molecule is CC(=O)Nc1cc(C(=O)O)ccc1Sc1ccc(Cl)cc1. The summed E-state index contributed by atoms with van der Waals surface area (Å²) < 4.78 is 0. The van der Waals surface area contributed by atoms with E-state index in [1.165, 1.54) is 30.8 Å². The molecule has 2 aromatic carbocycles. The van der Waals surface area contributed by atoms with Crippen LogP contribution in [0.5, 0.6) is 0 Å². The van der Waals surface area contributed by atoms with Crippen LogP contribution in [-0.4, -0.2) is 17.0 Å². The fourth-order valence-electron chi connectivity index (χ4n) is 1.67. The minimum Gasteiger partial charge on any atom is -0.478 e. The third-order valence-electron chi connectivity index (χ3n) is 2.58. The van der Waals surface area contributed by atoms with E-state index in [9.17, 15) is 9.59 Å².